The summed E-state index contributed by atoms with van der Waals surface area (Å²) in [6.07, 6.45) is 1.07. The molecule has 0 aliphatic rings. The standard InChI is InChI=1S/C17H19Cl2NO/c1-2-10-20-17(13-6-8-14(18)9-7-13)12-21-16-5-3-4-15(19)11-16/h3-9,11,17,20H,2,10,12H2,1H3. The van der Waals surface area contributed by atoms with Crippen LogP contribution in [0.1, 0.15) is 24.9 Å². The number of ether oxygens (including phenoxy) is 1. The van der Waals surface area contributed by atoms with Crippen LogP contribution in [-0.4, -0.2) is 13.2 Å². The molecule has 0 aliphatic carbocycles. The molecule has 0 amide bonds. The fourth-order valence-electron chi connectivity index (χ4n) is 2.02. The van der Waals surface area contributed by atoms with Crippen molar-refractivity contribution in [3.8, 4) is 5.75 Å². The maximum Gasteiger partial charge on any atom is 0.120 e. The van der Waals surface area contributed by atoms with Crippen molar-refractivity contribution in [3.63, 3.8) is 0 Å². The number of rotatable bonds is 7. The first kappa shape index (κ1) is 16.2. The van der Waals surface area contributed by atoms with Gasteiger partial charge in [-0.25, -0.2) is 0 Å². The van der Waals surface area contributed by atoms with Crippen LogP contribution in [0.2, 0.25) is 10.0 Å². The zero-order valence-electron chi connectivity index (χ0n) is 12.0. The first-order valence-electron chi connectivity index (χ1n) is 7.06. The molecule has 2 aromatic carbocycles. The van der Waals surface area contributed by atoms with Crippen molar-refractivity contribution in [2.75, 3.05) is 13.2 Å². The van der Waals surface area contributed by atoms with Gasteiger partial charge in [-0.2, -0.15) is 0 Å². The normalized spacial score (nSPS) is 12.1. The summed E-state index contributed by atoms with van der Waals surface area (Å²) in [5.41, 5.74) is 1.16. The Balaban J connectivity index is 2.04. The molecule has 0 aliphatic heterocycles. The minimum atomic E-state index is 0.126. The lowest BCUT2D eigenvalue weighted by atomic mass is 10.1. The molecule has 21 heavy (non-hydrogen) atoms. The molecule has 112 valence electrons. The van der Waals surface area contributed by atoms with Gasteiger partial charge in [0.15, 0.2) is 0 Å². The van der Waals surface area contributed by atoms with Crippen LogP contribution in [-0.2, 0) is 0 Å². The molecule has 0 saturated heterocycles. The molecular weight excluding hydrogens is 305 g/mol. The Bertz CT molecular complexity index is 557. The van der Waals surface area contributed by atoms with Crippen LogP contribution < -0.4 is 10.1 Å². The largest absolute Gasteiger partial charge is 0.492 e. The van der Waals surface area contributed by atoms with Crippen molar-refractivity contribution in [2.45, 2.75) is 19.4 Å². The lowest BCUT2D eigenvalue weighted by molar-refractivity contribution is 0.266. The van der Waals surface area contributed by atoms with E-state index in [0.717, 1.165) is 29.3 Å². The van der Waals surface area contributed by atoms with Gasteiger partial charge in [0.25, 0.3) is 0 Å². The molecule has 0 bridgehead atoms. The third kappa shape index (κ3) is 5.24. The SMILES string of the molecule is CCCNC(COc1cccc(Cl)c1)c1ccc(Cl)cc1. The van der Waals surface area contributed by atoms with Crippen molar-refractivity contribution in [1.29, 1.82) is 0 Å². The third-order valence-electron chi connectivity index (χ3n) is 3.13. The number of hydrogen-bond acceptors (Lipinski definition) is 2. The number of hydrogen-bond donors (Lipinski definition) is 1. The summed E-state index contributed by atoms with van der Waals surface area (Å²) in [4.78, 5) is 0. The zero-order chi connectivity index (χ0) is 15.1. The fourth-order valence-corrected chi connectivity index (χ4v) is 2.33. The van der Waals surface area contributed by atoms with E-state index in [9.17, 15) is 0 Å². The molecule has 1 N–H and O–H groups in total. The molecule has 0 aromatic heterocycles. The van der Waals surface area contributed by atoms with E-state index in [1.165, 1.54) is 0 Å². The van der Waals surface area contributed by atoms with E-state index in [2.05, 4.69) is 12.2 Å². The van der Waals surface area contributed by atoms with Crippen molar-refractivity contribution in [2.24, 2.45) is 0 Å². The van der Waals surface area contributed by atoms with Crippen molar-refractivity contribution < 1.29 is 4.74 Å². The summed E-state index contributed by atoms with van der Waals surface area (Å²) >= 11 is 11.9. The molecule has 2 nitrogen and oxygen atoms in total. The van der Waals surface area contributed by atoms with E-state index >= 15 is 0 Å². The Morgan fingerprint density at radius 3 is 2.48 bits per heavy atom. The second-order valence-electron chi connectivity index (χ2n) is 4.83. The Morgan fingerprint density at radius 2 is 1.81 bits per heavy atom. The quantitative estimate of drug-likeness (QED) is 0.764. The second-order valence-corrected chi connectivity index (χ2v) is 5.70. The summed E-state index contributed by atoms with van der Waals surface area (Å²) in [5.74, 6) is 0.778. The summed E-state index contributed by atoms with van der Waals surface area (Å²) in [6, 6.07) is 15.4. The molecule has 1 unspecified atom stereocenters. The first-order chi connectivity index (χ1) is 10.2. The average molecular weight is 324 g/mol. The van der Waals surface area contributed by atoms with Gasteiger partial charge >= 0.3 is 0 Å². The number of halogens is 2. The van der Waals surface area contributed by atoms with Gasteiger partial charge in [0.1, 0.15) is 12.4 Å². The summed E-state index contributed by atoms with van der Waals surface area (Å²) in [5, 5.41) is 4.91. The van der Waals surface area contributed by atoms with E-state index in [0.29, 0.717) is 11.6 Å². The molecule has 2 rings (SSSR count). The second kappa shape index (κ2) is 8.28. The smallest absolute Gasteiger partial charge is 0.120 e. The highest BCUT2D eigenvalue weighted by Crippen LogP contribution is 2.21. The zero-order valence-corrected chi connectivity index (χ0v) is 13.5. The summed E-state index contributed by atoms with van der Waals surface area (Å²) in [7, 11) is 0. The van der Waals surface area contributed by atoms with E-state index in [4.69, 9.17) is 27.9 Å². The van der Waals surface area contributed by atoms with Crippen LogP contribution in [0.25, 0.3) is 0 Å². The van der Waals surface area contributed by atoms with Crippen molar-refractivity contribution >= 4 is 23.2 Å². The Morgan fingerprint density at radius 1 is 1.05 bits per heavy atom. The van der Waals surface area contributed by atoms with Crippen LogP contribution in [0.5, 0.6) is 5.75 Å². The Kier molecular flexibility index (Phi) is 6.37. The maximum atomic E-state index is 5.97. The topological polar surface area (TPSA) is 21.3 Å². The molecule has 4 heteroatoms. The van der Waals surface area contributed by atoms with Gasteiger partial charge in [-0.05, 0) is 48.9 Å². The molecule has 1 atom stereocenters. The summed E-state index contributed by atoms with van der Waals surface area (Å²) in [6.45, 7) is 3.62. The minimum Gasteiger partial charge on any atom is -0.492 e. The van der Waals surface area contributed by atoms with Gasteiger partial charge < -0.3 is 10.1 Å². The van der Waals surface area contributed by atoms with E-state index in [1.54, 1.807) is 0 Å². The van der Waals surface area contributed by atoms with Gasteiger partial charge in [-0.15, -0.1) is 0 Å². The molecule has 2 aromatic rings. The molecule has 0 radical (unpaired) electrons. The lowest BCUT2D eigenvalue weighted by Crippen LogP contribution is -2.27. The average Bonchev–Trinajstić information content (AvgIpc) is 2.49. The van der Waals surface area contributed by atoms with Crippen LogP contribution >= 0.6 is 23.2 Å². The van der Waals surface area contributed by atoms with Crippen molar-refractivity contribution in [1.82, 2.24) is 5.32 Å². The van der Waals surface area contributed by atoms with Crippen LogP contribution in [0.4, 0.5) is 0 Å². The van der Waals surface area contributed by atoms with Gasteiger partial charge in [0, 0.05) is 10.0 Å². The minimum absolute atomic E-state index is 0.126. The van der Waals surface area contributed by atoms with Crippen molar-refractivity contribution in [3.05, 3.63) is 64.1 Å². The van der Waals surface area contributed by atoms with E-state index < -0.39 is 0 Å². The molecule has 0 saturated carbocycles. The highest BCUT2D eigenvalue weighted by Gasteiger charge is 2.11. The molecule has 0 fully saturated rings. The highest BCUT2D eigenvalue weighted by atomic mass is 35.5. The molecular formula is C17H19Cl2NO. The van der Waals surface area contributed by atoms with Crippen LogP contribution in [0, 0.1) is 0 Å². The Hall–Kier alpha value is -1.22. The highest BCUT2D eigenvalue weighted by molar-refractivity contribution is 6.30. The van der Waals surface area contributed by atoms with E-state index in [1.807, 2.05) is 48.5 Å². The summed E-state index contributed by atoms with van der Waals surface area (Å²) < 4.78 is 5.85. The van der Waals surface area contributed by atoms with E-state index in [-0.39, 0.29) is 6.04 Å². The number of benzene rings is 2. The Labute approximate surface area is 136 Å². The first-order valence-corrected chi connectivity index (χ1v) is 7.82. The van der Waals surface area contributed by atoms with Gasteiger partial charge in [-0.3, -0.25) is 0 Å². The third-order valence-corrected chi connectivity index (χ3v) is 3.61. The van der Waals surface area contributed by atoms with Gasteiger partial charge in [0.2, 0.25) is 0 Å². The van der Waals surface area contributed by atoms with Gasteiger partial charge in [0.05, 0.1) is 6.04 Å². The maximum absolute atomic E-state index is 5.97. The number of nitrogens with one attached hydrogen (secondary N) is 1. The molecule has 0 spiro atoms. The van der Waals surface area contributed by atoms with Crippen LogP contribution in [0.3, 0.4) is 0 Å². The fraction of sp³-hybridized carbons (Fsp3) is 0.294. The monoisotopic (exact) mass is 323 g/mol. The predicted molar refractivity (Wildman–Crippen MR) is 89.4 cm³/mol. The predicted octanol–water partition coefficient (Wildman–Crippen LogP) is 5.11. The van der Waals surface area contributed by atoms with Crippen LogP contribution in [0.15, 0.2) is 48.5 Å². The lowest BCUT2D eigenvalue weighted by Gasteiger charge is -2.20. The van der Waals surface area contributed by atoms with Gasteiger partial charge in [-0.1, -0.05) is 48.3 Å². The molecule has 0 heterocycles.